The predicted octanol–water partition coefficient (Wildman–Crippen LogP) is 3.34. The van der Waals surface area contributed by atoms with Crippen LogP contribution in [0.1, 0.15) is 6.42 Å². The molecule has 0 aromatic carbocycles. The van der Waals surface area contributed by atoms with Crippen LogP contribution in [0.15, 0.2) is 29.5 Å². The van der Waals surface area contributed by atoms with Gasteiger partial charge in [-0.15, -0.1) is 0 Å². The molecule has 2 rings (SSSR count). The molecule has 3 nitrogen and oxygen atoms in total. The highest BCUT2D eigenvalue weighted by Crippen LogP contribution is 2.40. The van der Waals surface area contributed by atoms with E-state index in [-0.39, 0.29) is 6.04 Å². The van der Waals surface area contributed by atoms with Crippen molar-refractivity contribution in [2.24, 2.45) is 4.99 Å². The zero-order valence-corrected chi connectivity index (χ0v) is 12.4. The Balaban J connectivity index is 2.20. The highest BCUT2D eigenvalue weighted by atomic mass is 28.3. The lowest BCUT2D eigenvalue weighted by atomic mass is 10.2. The summed E-state index contributed by atoms with van der Waals surface area (Å²) in [6.07, 6.45) is -1.72. The lowest BCUT2D eigenvalue weighted by Crippen LogP contribution is -2.56. The molecule has 1 aliphatic heterocycles. The molecular formula is C12H16F5N3Si. The van der Waals surface area contributed by atoms with Crippen LogP contribution in [0.4, 0.5) is 22.0 Å². The van der Waals surface area contributed by atoms with Crippen molar-refractivity contribution in [3.8, 4) is 0 Å². The molecule has 0 saturated heterocycles. The Morgan fingerprint density at radius 3 is 2.24 bits per heavy atom. The average Bonchev–Trinajstić information content (AvgIpc) is 3.07. The summed E-state index contributed by atoms with van der Waals surface area (Å²) in [5, 5.41) is 0. The first-order chi connectivity index (χ1) is 9.67. The van der Waals surface area contributed by atoms with Crippen molar-refractivity contribution < 1.29 is 22.0 Å². The molecule has 21 heavy (non-hydrogen) atoms. The molecule has 0 saturated carbocycles. The lowest BCUT2D eigenvalue weighted by molar-refractivity contribution is -0.282. The first-order valence-corrected chi connectivity index (χ1v) is 9.12. The highest BCUT2D eigenvalue weighted by molar-refractivity contribution is 6.76. The fourth-order valence-electron chi connectivity index (χ4n) is 2.36. The highest BCUT2D eigenvalue weighted by Gasteiger charge is 2.58. The third-order valence-electron chi connectivity index (χ3n) is 3.80. The van der Waals surface area contributed by atoms with Crippen molar-refractivity contribution in [1.82, 2.24) is 8.80 Å². The zero-order valence-electron chi connectivity index (χ0n) is 11.4. The maximum atomic E-state index is 13.2. The maximum Gasteiger partial charge on any atom is 0.453 e. The molecule has 0 spiro atoms. The van der Waals surface area contributed by atoms with Gasteiger partial charge in [0.25, 0.3) is 8.40 Å². The van der Waals surface area contributed by atoms with Gasteiger partial charge in [-0.3, -0.25) is 4.99 Å². The Bertz CT molecular complexity index is 499. The van der Waals surface area contributed by atoms with E-state index in [1.807, 2.05) is 4.57 Å². The van der Waals surface area contributed by atoms with Crippen LogP contribution in [0.25, 0.3) is 0 Å². The minimum absolute atomic E-state index is 0.208. The number of halogens is 5. The predicted molar refractivity (Wildman–Crippen MR) is 71.9 cm³/mol. The number of aromatic nitrogens is 1. The van der Waals surface area contributed by atoms with E-state index >= 15 is 0 Å². The summed E-state index contributed by atoms with van der Waals surface area (Å²) in [5.41, 5.74) is 0. The Morgan fingerprint density at radius 2 is 1.76 bits per heavy atom. The molecule has 0 fully saturated rings. The molecule has 1 aliphatic rings. The molecule has 2 heterocycles. The molecule has 1 aromatic heterocycles. The van der Waals surface area contributed by atoms with E-state index in [1.54, 1.807) is 41.6 Å². The van der Waals surface area contributed by atoms with Crippen LogP contribution in [0.5, 0.6) is 0 Å². The van der Waals surface area contributed by atoms with E-state index < -0.39 is 26.9 Å². The van der Waals surface area contributed by atoms with E-state index in [2.05, 4.69) is 4.99 Å². The number of rotatable bonds is 5. The van der Waals surface area contributed by atoms with Gasteiger partial charge >= 0.3 is 12.1 Å². The molecule has 0 aliphatic carbocycles. The van der Waals surface area contributed by atoms with Gasteiger partial charge in [0.05, 0.1) is 12.9 Å². The van der Waals surface area contributed by atoms with Gasteiger partial charge in [0, 0.05) is 13.0 Å². The van der Waals surface area contributed by atoms with Gasteiger partial charge in [-0.2, -0.15) is 22.0 Å². The minimum Gasteiger partial charge on any atom is -0.370 e. The van der Waals surface area contributed by atoms with Crippen LogP contribution >= 0.6 is 0 Å². The van der Waals surface area contributed by atoms with E-state index in [9.17, 15) is 22.0 Å². The summed E-state index contributed by atoms with van der Waals surface area (Å²) in [6.45, 7) is 2.87. The first-order valence-electron chi connectivity index (χ1n) is 6.51. The summed E-state index contributed by atoms with van der Waals surface area (Å²) in [4.78, 5) is 4.05. The third kappa shape index (κ3) is 3.12. The Morgan fingerprint density at radius 1 is 1.14 bits per heavy atom. The summed E-state index contributed by atoms with van der Waals surface area (Å²) in [5.74, 6) is -4.66. The normalized spacial score (nSPS) is 19.0. The van der Waals surface area contributed by atoms with Gasteiger partial charge in [0.15, 0.2) is 0 Å². The minimum atomic E-state index is -5.50. The number of nitrogens with zero attached hydrogens (tertiary/aromatic N) is 3. The lowest BCUT2D eigenvalue weighted by Gasteiger charge is -2.38. The second kappa shape index (κ2) is 5.43. The van der Waals surface area contributed by atoms with E-state index in [4.69, 9.17) is 0 Å². The number of aliphatic imine (C=N–C) groups is 1. The van der Waals surface area contributed by atoms with Crippen LogP contribution < -0.4 is 0 Å². The zero-order chi connectivity index (χ0) is 15.7. The van der Waals surface area contributed by atoms with E-state index in [1.165, 1.54) is 0 Å². The van der Waals surface area contributed by atoms with Gasteiger partial charge in [-0.05, 0) is 37.1 Å². The van der Waals surface area contributed by atoms with Crippen LogP contribution in [-0.4, -0.2) is 48.7 Å². The Labute approximate surface area is 120 Å². The molecule has 0 radical (unpaired) electrons. The fraction of sp³-hybridized carbons (Fsp3) is 0.583. The smallest absolute Gasteiger partial charge is 0.370 e. The standard InChI is InChI=1S/C12H16F5N3Si/c1-21(19-6-2-3-7-19,20-8-5-18-10-20)9-4-11(13,14)12(15,16)17/h2-3,6-7,10H,4-5,8-9H2,1H3. The van der Waals surface area contributed by atoms with Crippen molar-refractivity contribution in [2.75, 3.05) is 13.1 Å². The average molecular weight is 325 g/mol. The summed E-state index contributed by atoms with van der Waals surface area (Å²) < 4.78 is 67.1. The monoisotopic (exact) mass is 325 g/mol. The van der Waals surface area contributed by atoms with Gasteiger partial charge in [0.2, 0.25) is 0 Å². The van der Waals surface area contributed by atoms with Crippen molar-refractivity contribution in [1.29, 1.82) is 0 Å². The molecule has 118 valence electrons. The fourth-order valence-corrected chi connectivity index (χ4v) is 5.71. The van der Waals surface area contributed by atoms with Crippen LogP contribution in [-0.2, 0) is 0 Å². The second-order valence-corrected chi connectivity index (χ2v) is 9.25. The van der Waals surface area contributed by atoms with E-state index in [0.717, 1.165) is 0 Å². The molecule has 9 heteroatoms. The van der Waals surface area contributed by atoms with Crippen LogP contribution in [0, 0.1) is 0 Å². The molecule has 1 atom stereocenters. The number of alkyl halides is 5. The molecular weight excluding hydrogens is 309 g/mol. The van der Waals surface area contributed by atoms with Crippen LogP contribution in [0.2, 0.25) is 12.6 Å². The quantitative estimate of drug-likeness (QED) is 0.601. The molecule has 0 amide bonds. The summed E-state index contributed by atoms with van der Waals surface area (Å²) in [6, 6.07) is 3.26. The van der Waals surface area contributed by atoms with Gasteiger partial charge < -0.3 is 8.80 Å². The molecule has 0 bridgehead atoms. The van der Waals surface area contributed by atoms with Gasteiger partial charge in [0.1, 0.15) is 0 Å². The molecule has 1 unspecified atom stereocenters. The SMILES string of the molecule is C[Si](CCC(F)(F)C(F)(F)F)(N1C=NCC1)n1cccc1. The van der Waals surface area contributed by atoms with Crippen molar-refractivity contribution in [2.45, 2.75) is 31.1 Å². The van der Waals surface area contributed by atoms with Crippen molar-refractivity contribution in [3.05, 3.63) is 24.5 Å². The molecule has 0 N–H and O–H groups in total. The van der Waals surface area contributed by atoms with E-state index in [0.29, 0.717) is 13.1 Å². The second-order valence-electron chi connectivity index (χ2n) is 5.22. The Hall–Kier alpha value is -1.38. The topological polar surface area (TPSA) is 20.5 Å². The Kier molecular flexibility index (Phi) is 4.14. The number of hydrogen-bond donors (Lipinski definition) is 0. The van der Waals surface area contributed by atoms with Crippen molar-refractivity contribution >= 4 is 14.7 Å². The van der Waals surface area contributed by atoms with Gasteiger partial charge in [-0.1, -0.05) is 0 Å². The maximum absolute atomic E-state index is 13.2. The van der Waals surface area contributed by atoms with Crippen molar-refractivity contribution in [3.63, 3.8) is 0 Å². The first kappa shape index (κ1) is 16.0. The van der Waals surface area contributed by atoms with Crippen LogP contribution in [0.3, 0.4) is 0 Å². The number of hydrogen-bond acceptors (Lipinski definition) is 2. The largest absolute Gasteiger partial charge is 0.453 e. The van der Waals surface area contributed by atoms with Gasteiger partial charge in [-0.25, -0.2) is 0 Å². The summed E-state index contributed by atoms with van der Waals surface area (Å²) in [7, 11) is -2.71. The third-order valence-corrected chi connectivity index (χ3v) is 7.98. The summed E-state index contributed by atoms with van der Waals surface area (Å²) >= 11 is 0. The molecule has 1 aromatic rings.